The number of carbonyl (C=O) groups is 1. The maximum Gasteiger partial charge on any atom is 0.248 e. The third-order valence-corrected chi connectivity index (χ3v) is 2.96. The summed E-state index contributed by atoms with van der Waals surface area (Å²) in [4.78, 5) is 23.5. The molecule has 0 saturated heterocycles. The zero-order chi connectivity index (χ0) is 15.4. The van der Waals surface area contributed by atoms with E-state index in [1.807, 2.05) is 6.07 Å². The van der Waals surface area contributed by atoms with E-state index >= 15 is 0 Å². The van der Waals surface area contributed by atoms with E-state index in [0.717, 1.165) is 5.56 Å². The van der Waals surface area contributed by atoms with Crippen LogP contribution < -0.4 is 10.5 Å². The second kappa shape index (κ2) is 6.01. The lowest BCUT2D eigenvalue weighted by molar-refractivity contribution is 0.1000. The Labute approximate surface area is 126 Å². The number of hydrogen-bond acceptors (Lipinski definition) is 5. The molecule has 0 aliphatic carbocycles. The standard InChI is InChI=1S/C16H12N4O2/c17-15(21)11-3-1-4-12(9-11)22-16-13(5-2-7-19-16)14-6-8-18-10-20-14/h1-10H,(H2,17,21). The summed E-state index contributed by atoms with van der Waals surface area (Å²) in [5.74, 6) is 0.357. The summed E-state index contributed by atoms with van der Waals surface area (Å²) in [6, 6.07) is 12.0. The molecule has 0 fully saturated rings. The quantitative estimate of drug-likeness (QED) is 0.797. The van der Waals surface area contributed by atoms with Crippen molar-refractivity contribution in [3.63, 3.8) is 0 Å². The summed E-state index contributed by atoms with van der Waals surface area (Å²) in [7, 11) is 0. The second-order valence-electron chi connectivity index (χ2n) is 4.44. The number of benzene rings is 1. The zero-order valence-electron chi connectivity index (χ0n) is 11.5. The molecule has 1 aromatic carbocycles. The first kappa shape index (κ1) is 13.7. The van der Waals surface area contributed by atoms with E-state index in [9.17, 15) is 4.79 Å². The Hall–Kier alpha value is -3.28. The summed E-state index contributed by atoms with van der Waals surface area (Å²) in [5, 5.41) is 0. The fourth-order valence-corrected chi connectivity index (χ4v) is 1.94. The highest BCUT2D eigenvalue weighted by Gasteiger charge is 2.10. The van der Waals surface area contributed by atoms with Gasteiger partial charge in [-0.3, -0.25) is 4.79 Å². The molecule has 0 bridgehead atoms. The highest BCUT2D eigenvalue weighted by molar-refractivity contribution is 5.93. The second-order valence-corrected chi connectivity index (χ2v) is 4.44. The number of carbonyl (C=O) groups excluding carboxylic acids is 1. The Balaban J connectivity index is 1.97. The number of nitrogens with zero attached hydrogens (tertiary/aromatic N) is 3. The van der Waals surface area contributed by atoms with Crippen molar-refractivity contribution < 1.29 is 9.53 Å². The molecule has 108 valence electrons. The van der Waals surface area contributed by atoms with Crippen LogP contribution in [0.3, 0.4) is 0 Å². The van der Waals surface area contributed by atoms with Crippen molar-refractivity contribution >= 4 is 5.91 Å². The predicted molar refractivity (Wildman–Crippen MR) is 80.3 cm³/mol. The molecule has 3 rings (SSSR count). The number of rotatable bonds is 4. The number of aromatic nitrogens is 3. The van der Waals surface area contributed by atoms with Crippen LogP contribution in [0.25, 0.3) is 11.3 Å². The molecule has 0 aliphatic rings. The number of nitrogens with two attached hydrogens (primary N) is 1. The van der Waals surface area contributed by atoms with E-state index in [4.69, 9.17) is 10.5 Å². The van der Waals surface area contributed by atoms with Crippen molar-refractivity contribution in [3.8, 4) is 22.9 Å². The molecular weight excluding hydrogens is 280 g/mol. The molecule has 0 atom stereocenters. The summed E-state index contributed by atoms with van der Waals surface area (Å²) >= 11 is 0. The monoisotopic (exact) mass is 292 g/mol. The van der Waals surface area contributed by atoms with Crippen molar-refractivity contribution in [2.24, 2.45) is 5.73 Å². The fourth-order valence-electron chi connectivity index (χ4n) is 1.94. The Morgan fingerprint density at radius 3 is 2.73 bits per heavy atom. The average Bonchev–Trinajstić information content (AvgIpc) is 2.56. The van der Waals surface area contributed by atoms with Crippen molar-refractivity contribution in [1.29, 1.82) is 0 Å². The molecule has 0 radical (unpaired) electrons. The Morgan fingerprint density at radius 2 is 1.95 bits per heavy atom. The molecule has 6 heteroatoms. The number of primary amides is 1. The van der Waals surface area contributed by atoms with Crippen LogP contribution in [0.4, 0.5) is 0 Å². The zero-order valence-corrected chi connectivity index (χ0v) is 11.5. The number of amides is 1. The minimum Gasteiger partial charge on any atom is -0.438 e. The van der Waals surface area contributed by atoms with Crippen molar-refractivity contribution in [2.75, 3.05) is 0 Å². The molecule has 0 saturated carbocycles. The van der Waals surface area contributed by atoms with E-state index in [2.05, 4.69) is 15.0 Å². The molecular formula is C16H12N4O2. The smallest absolute Gasteiger partial charge is 0.248 e. The van der Waals surface area contributed by atoms with Gasteiger partial charge in [-0.1, -0.05) is 6.07 Å². The maximum absolute atomic E-state index is 11.2. The molecule has 3 aromatic rings. The summed E-state index contributed by atoms with van der Waals surface area (Å²) in [6.45, 7) is 0. The number of ether oxygens (including phenoxy) is 1. The third-order valence-electron chi connectivity index (χ3n) is 2.96. The lowest BCUT2D eigenvalue weighted by atomic mass is 10.2. The van der Waals surface area contributed by atoms with Gasteiger partial charge in [0.25, 0.3) is 0 Å². The van der Waals surface area contributed by atoms with Crippen LogP contribution in [-0.4, -0.2) is 20.9 Å². The highest BCUT2D eigenvalue weighted by Crippen LogP contribution is 2.29. The van der Waals surface area contributed by atoms with Gasteiger partial charge < -0.3 is 10.5 Å². The van der Waals surface area contributed by atoms with E-state index in [1.54, 1.807) is 48.8 Å². The first-order chi connectivity index (χ1) is 10.7. The average molecular weight is 292 g/mol. The molecule has 0 unspecified atom stereocenters. The Morgan fingerprint density at radius 1 is 1.05 bits per heavy atom. The summed E-state index contributed by atoms with van der Waals surface area (Å²) in [6.07, 6.45) is 4.73. The van der Waals surface area contributed by atoms with Crippen LogP contribution in [-0.2, 0) is 0 Å². The molecule has 2 aromatic heterocycles. The van der Waals surface area contributed by atoms with Gasteiger partial charge >= 0.3 is 0 Å². The first-order valence-corrected chi connectivity index (χ1v) is 6.53. The maximum atomic E-state index is 11.2. The van der Waals surface area contributed by atoms with E-state index in [0.29, 0.717) is 22.9 Å². The molecule has 22 heavy (non-hydrogen) atoms. The van der Waals surface area contributed by atoms with Crippen LogP contribution in [0.15, 0.2) is 61.2 Å². The van der Waals surface area contributed by atoms with Gasteiger partial charge in [0.1, 0.15) is 12.1 Å². The van der Waals surface area contributed by atoms with Crippen LogP contribution in [0.2, 0.25) is 0 Å². The number of hydrogen-bond donors (Lipinski definition) is 1. The molecule has 0 spiro atoms. The Bertz CT molecular complexity index is 806. The molecule has 0 aliphatic heterocycles. The van der Waals surface area contributed by atoms with Gasteiger partial charge in [-0.05, 0) is 36.4 Å². The predicted octanol–water partition coefficient (Wildman–Crippen LogP) is 2.43. The van der Waals surface area contributed by atoms with Gasteiger partial charge in [0.15, 0.2) is 0 Å². The lowest BCUT2D eigenvalue weighted by Crippen LogP contribution is -2.10. The van der Waals surface area contributed by atoms with Crippen molar-refractivity contribution in [2.45, 2.75) is 0 Å². The largest absolute Gasteiger partial charge is 0.438 e. The van der Waals surface area contributed by atoms with Crippen molar-refractivity contribution in [3.05, 3.63) is 66.7 Å². The third kappa shape index (κ3) is 2.90. The van der Waals surface area contributed by atoms with Gasteiger partial charge in [0, 0.05) is 18.0 Å². The summed E-state index contributed by atoms with van der Waals surface area (Å²) in [5.41, 5.74) is 7.07. The van der Waals surface area contributed by atoms with Gasteiger partial charge in [-0.15, -0.1) is 0 Å². The number of pyridine rings is 1. The van der Waals surface area contributed by atoms with Gasteiger partial charge in [-0.25, -0.2) is 15.0 Å². The fraction of sp³-hybridized carbons (Fsp3) is 0. The highest BCUT2D eigenvalue weighted by atomic mass is 16.5. The van der Waals surface area contributed by atoms with E-state index in [-0.39, 0.29) is 0 Å². The van der Waals surface area contributed by atoms with Crippen LogP contribution in [0.1, 0.15) is 10.4 Å². The molecule has 1 amide bonds. The molecule has 2 N–H and O–H groups in total. The lowest BCUT2D eigenvalue weighted by Gasteiger charge is -2.09. The van der Waals surface area contributed by atoms with Crippen LogP contribution >= 0.6 is 0 Å². The van der Waals surface area contributed by atoms with Gasteiger partial charge in [-0.2, -0.15) is 0 Å². The van der Waals surface area contributed by atoms with E-state index in [1.165, 1.54) is 6.33 Å². The topological polar surface area (TPSA) is 91.0 Å². The minimum absolute atomic E-state index is 0.372. The Kier molecular flexibility index (Phi) is 3.74. The van der Waals surface area contributed by atoms with Gasteiger partial charge in [0.05, 0.1) is 11.3 Å². The normalized spacial score (nSPS) is 10.2. The van der Waals surface area contributed by atoms with E-state index < -0.39 is 5.91 Å². The molecule has 6 nitrogen and oxygen atoms in total. The SMILES string of the molecule is NC(=O)c1cccc(Oc2ncccc2-c2ccncn2)c1. The van der Waals surface area contributed by atoms with Crippen molar-refractivity contribution in [1.82, 2.24) is 15.0 Å². The minimum atomic E-state index is -0.512. The van der Waals surface area contributed by atoms with Crippen LogP contribution in [0, 0.1) is 0 Å². The van der Waals surface area contributed by atoms with Crippen LogP contribution in [0.5, 0.6) is 11.6 Å². The summed E-state index contributed by atoms with van der Waals surface area (Å²) < 4.78 is 5.78. The first-order valence-electron chi connectivity index (χ1n) is 6.53. The van der Waals surface area contributed by atoms with Gasteiger partial charge in [0.2, 0.25) is 11.8 Å². The molecule has 2 heterocycles.